The van der Waals surface area contributed by atoms with Crippen LogP contribution in [0.4, 0.5) is 0 Å². The van der Waals surface area contributed by atoms with E-state index in [1.54, 1.807) is 30.3 Å². The van der Waals surface area contributed by atoms with Gasteiger partial charge in [0, 0.05) is 0 Å². The number of carbonyl (C=O) groups excluding carboxylic acids is 2. The predicted octanol–water partition coefficient (Wildman–Crippen LogP) is -0.325. The van der Waals surface area contributed by atoms with Gasteiger partial charge in [-0.25, -0.2) is 4.79 Å². The standard InChI is InChI=1S/C11H12N2O4/c14-7-12-6-9(15)13-10(11(16)17)8-4-2-1-3-5-8/h1-5,7,10H,6H2,(H,12,14)(H,13,15)(H,16,17). The molecule has 0 saturated carbocycles. The molecule has 0 saturated heterocycles. The Hall–Kier alpha value is -2.37. The van der Waals surface area contributed by atoms with E-state index in [1.807, 2.05) is 0 Å². The minimum absolute atomic E-state index is 0.250. The summed E-state index contributed by atoms with van der Waals surface area (Å²) in [5.74, 6) is -1.72. The predicted molar refractivity (Wildman–Crippen MR) is 59.0 cm³/mol. The third-order valence-electron chi connectivity index (χ3n) is 2.03. The summed E-state index contributed by atoms with van der Waals surface area (Å²) >= 11 is 0. The Kier molecular flexibility index (Phi) is 4.68. The van der Waals surface area contributed by atoms with Crippen LogP contribution < -0.4 is 10.6 Å². The monoisotopic (exact) mass is 236 g/mol. The molecular weight excluding hydrogens is 224 g/mol. The van der Waals surface area contributed by atoms with Crippen molar-refractivity contribution in [1.82, 2.24) is 10.6 Å². The molecule has 0 radical (unpaired) electrons. The number of carbonyl (C=O) groups is 3. The summed E-state index contributed by atoms with van der Waals surface area (Å²) in [7, 11) is 0. The highest BCUT2D eigenvalue weighted by Gasteiger charge is 2.21. The lowest BCUT2D eigenvalue weighted by Crippen LogP contribution is -2.39. The van der Waals surface area contributed by atoms with Gasteiger partial charge in [0.05, 0.1) is 6.54 Å². The van der Waals surface area contributed by atoms with Gasteiger partial charge in [-0.2, -0.15) is 0 Å². The van der Waals surface area contributed by atoms with Crippen LogP contribution >= 0.6 is 0 Å². The van der Waals surface area contributed by atoms with Crippen molar-refractivity contribution in [2.45, 2.75) is 6.04 Å². The zero-order valence-electron chi connectivity index (χ0n) is 8.92. The number of rotatable bonds is 6. The fourth-order valence-corrected chi connectivity index (χ4v) is 1.28. The van der Waals surface area contributed by atoms with E-state index in [1.165, 1.54) is 0 Å². The SMILES string of the molecule is O=CNCC(=O)NC(C(=O)O)c1ccccc1. The van der Waals surface area contributed by atoms with Crippen molar-refractivity contribution in [3.63, 3.8) is 0 Å². The van der Waals surface area contributed by atoms with Gasteiger partial charge in [0.2, 0.25) is 12.3 Å². The Morgan fingerprint density at radius 3 is 2.47 bits per heavy atom. The van der Waals surface area contributed by atoms with E-state index in [-0.39, 0.29) is 6.54 Å². The van der Waals surface area contributed by atoms with Crippen LogP contribution in [0.3, 0.4) is 0 Å². The zero-order valence-corrected chi connectivity index (χ0v) is 8.92. The van der Waals surface area contributed by atoms with Gasteiger partial charge in [-0.3, -0.25) is 9.59 Å². The molecule has 3 N–H and O–H groups in total. The summed E-state index contributed by atoms with van der Waals surface area (Å²) in [5.41, 5.74) is 0.472. The van der Waals surface area contributed by atoms with Crippen molar-refractivity contribution in [2.75, 3.05) is 6.54 Å². The molecule has 1 unspecified atom stereocenters. The molecule has 17 heavy (non-hydrogen) atoms. The third kappa shape index (κ3) is 3.94. The second kappa shape index (κ2) is 6.26. The van der Waals surface area contributed by atoms with Gasteiger partial charge in [-0.15, -0.1) is 0 Å². The number of hydrogen-bond donors (Lipinski definition) is 3. The molecule has 1 rings (SSSR count). The summed E-state index contributed by atoms with van der Waals surface area (Å²) < 4.78 is 0. The number of carboxylic acid groups (broad SMARTS) is 1. The van der Waals surface area contributed by atoms with E-state index in [9.17, 15) is 14.4 Å². The zero-order chi connectivity index (χ0) is 12.7. The maximum Gasteiger partial charge on any atom is 0.330 e. The number of nitrogens with one attached hydrogen (secondary N) is 2. The molecule has 6 heteroatoms. The number of aliphatic carboxylic acids is 1. The molecule has 0 fully saturated rings. The third-order valence-corrected chi connectivity index (χ3v) is 2.03. The Balaban J connectivity index is 2.71. The number of hydrogen-bond acceptors (Lipinski definition) is 3. The molecule has 6 nitrogen and oxygen atoms in total. The number of benzene rings is 1. The lowest BCUT2D eigenvalue weighted by Gasteiger charge is -2.14. The fourth-order valence-electron chi connectivity index (χ4n) is 1.28. The molecule has 1 atom stereocenters. The molecule has 1 aromatic carbocycles. The van der Waals surface area contributed by atoms with Crippen LogP contribution in [0.5, 0.6) is 0 Å². The molecule has 0 aliphatic carbocycles. The first kappa shape index (κ1) is 12.7. The van der Waals surface area contributed by atoms with Crippen molar-refractivity contribution >= 4 is 18.3 Å². The highest BCUT2D eigenvalue weighted by Crippen LogP contribution is 2.12. The van der Waals surface area contributed by atoms with E-state index >= 15 is 0 Å². The summed E-state index contributed by atoms with van der Waals surface area (Å²) in [6.07, 6.45) is 0.373. The number of amides is 2. The first-order chi connectivity index (χ1) is 8.15. The van der Waals surface area contributed by atoms with Gasteiger partial charge in [0.1, 0.15) is 0 Å². The van der Waals surface area contributed by atoms with Crippen molar-refractivity contribution in [1.29, 1.82) is 0 Å². The quantitative estimate of drug-likeness (QED) is 0.589. The average Bonchev–Trinajstić information content (AvgIpc) is 2.34. The maximum atomic E-state index is 11.3. The maximum absolute atomic E-state index is 11.3. The molecule has 0 bridgehead atoms. The first-order valence-electron chi connectivity index (χ1n) is 4.89. The molecule has 0 spiro atoms. The fraction of sp³-hybridized carbons (Fsp3) is 0.182. The van der Waals surface area contributed by atoms with Crippen LogP contribution in [0.2, 0.25) is 0 Å². The summed E-state index contributed by atoms with van der Waals surface area (Å²) in [6, 6.07) is 7.20. The first-order valence-corrected chi connectivity index (χ1v) is 4.89. The van der Waals surface area contributed by atoms with E-state index < -0.39 is 17.9 Å². The van der Waals surface area contributed by atoms with Gasteiger partial charge in [0.25, 0.3) is 0 Å². The molecule has 0 heterocycles. The van der Waals surface area contributed by atoms with Gasteiger partial charge < -0.3 is 15.7 Å². The topological polar surface area (TPSA) is 95.5 Å². The molecule has 90 valence electrons. The van der Waals surface area contributed by atoms with Crippen molar-refractivity contribution in [3.05, 3.63) is 35.9 Å². The highest BCUT2D eigenvalue weighted by molar-refractivity contribution is 5.86. The second-order valence-electron chi connectivity index (χ2n) is 3.25. The average molecular weight is 236 g/mol. The minimum atomic E-state index is -1.16. The number of carboxylic acids is 1. The van der Waals surface area contributed by atoms with Gasteiger partial charge in [-0.05, 0) is 5.56 Å². The van der Waals surface area contributed by atoms with Gasteiger partial charge in [0.15, 0.2) is 6.04 Å². The van der Waals surface area contributed by atoms with E-state index in [2.05, 4.69) is 10.6 Å². The molecule has 0 aromatic heterocycles. The second-order valence-corrected chi connectivity index (χ2v) is 3.25. The van der Waals surface area contributed by atoms with Gasteiger partial charge >= 0.3 is 5.97 Å². The van der Waals surface area contributed by atoms with Crippen molar-refractivity contribution in [2.24, 2.45) is 0 Å². The minimum Gasteiger partial charge on any atom is -0.479 e. The smallest absolute Gasteiger partial charge is 0.330 e. The van der Waals surface area contributed by atoms with Crippen molar-refractivity contribution < 1.29 is 19.5 Å². The Morgan fingerprint density at radius 2 is 1.94 bits per heavy atom. The van der Waals surface area contributed by atoms with Gasteiger partial charge in [-0.1, -0.05) is 30.3 Å². The van der Waals surface area contributed by atoms with E-state index in [0.717, 1.165) is 0 Å². The van der Waals surface area contributed by atoms with E-state index in [0.29, 0.717) is 12.0 Å². The summed E-state index contributed by atoms with van der Waals surface area (Å²) in [4.78, 5) is 32.3. The molecule has 0 aliphatic rings. The molecule has 0 aliphatic heterocycles. The Bertz CT molecular complexity index is 405. The largest absolute Gasteiger partial charge is 0.479 e. The van der Waals surface area contributed by atoms with Crippen LogP contribution in [-0.2, 0) is 14.4 Å². The van der Waals surface area contributed by atoms with Crippen molar-refractivity contribution in [3.8, 4) is 0 Å². The molecular formula is C11H12N2O4. The lowest BCUT2D eigenvalue weighted by molar-refractivity contribution is -0.141. The van der Waals surface area contributed by atoms with Crippen LogP contribution in [0, 0.1) is 0 Å². The van der Waals surface area contributed by atoms with Crippen LogP contribution in [0.1, 0.15) is 11.6 Å². The van der Waals surface area contributed by atoms with Crippen LogP contribution in [-0.4, -0.2) is 29.9 Å². The van der Waals surface area contributed by atoms with Crippen LogP contribution in [0.25, 0.3) is 0 Å². The van der Waals surface area contributed by atoms with E-state index in [4.69, 9.17) is 5.11 Å². The highest BCUT2D eigenvalue weighted by atomic mass is 16.4. The normalized spacial score (nSPS) is 11.3. The molecule has 2 amide bonds. The summed E-state index contributed by atoms with van der Waals surface area (Å²) in [5, 5.41) is 13.5. The summed E-state index contributed by atoms with van der Waals surface area (Å²) in [6.45, 7) is -0.250. The Labute approximate surface area is 97.6 Å². The van der Waals surface area contributed by atoms with Crippen LogP contribution in [0.15, 0.2) is 30.3 Å². The lowest BCUT2D eigenvalue weighted by atomic mass is 10.1. The molecule has 1 aromatic rings. The Morgan fingerprint density at radius 1 is 1.29 bits per heavy atom.